The zero-order chi connectivity index (χ0) is 15.4. The summed E-state index contributed by atoms with van der Waals surface area (Å²) in [6.07, 6.45) is 0. The van der Waals surface area contributed by atoms with Gasteiger partial charge in [0.2, 0.25) is 0 Å². The van der Waals surface area contributed by atoms with E-state index in [-0.39, 0.29) is 0 Å². The fourth-order valence-electron chi connectivity index (χ4n) is 2.59. The third kappa shape index (κ3) is 3.96. The van der Waals surface area contributed by atoms with Crippen molar-refractivity contribution < 1.29 is 5.11 Å². The molecule has 0 aromatic heterocycles. The molecular formula is C19H23NO. The summed E-state index contributed by atoms with van der Waals surface area (Å²) in [5, 5.41) is 9.78. The van der Waals surface area contributed by atoms with E-state index < -0.39 is 0 Å². The van der Waals surface area contributed by atoms with Crippen molar-refractivity contribution in [3.8, 4) is 5.75 Å². The van der Waals surface area contributed by atoms with E-state index in [2.05, 4.69) is 57.1 Å². The van der Waals surface area contributed by atoms with E-state index in [0.717, 1.165) is 12.1 Å². The Bertz CT molecular complexity index is 639. The van der Waals surface area contributed by atoms with Crippen LogP contribution in [-0.4, -0.2) is 30.6 Å². The van der Waals surface area contributed by atoms with Gasteiger partial charge in [0.25, 0.3) is 0 Å². The molecule has 0 saturated heterocycles. The minimum Gasteiger partial charge on any atom is -0.508 e. The van der Waals surface area contributed by atoms with Crippen molar-refractivity contribution in [2.24, 2.45) is 0 Å². The highest BCUT2D eigenvalue weighted by molar-refractivity contribution is 5.82. The van der Waals surface area contributed by atoms with Gasteiger partial charge in [-0.15, -0.1) is 0 Å². The smallest absolute Gasteiger partial charge is 0.116 e. The van der Waals surface area contributed by atoms with E-state index in [4.69, 9.17) is 0 Å². The molecule has 0 aliphatic carbocycles. The molecule has 110 valence electrons. The zero-order valence-electron chi connectivity index (χ0n) is 13.2. The van der Waals surface area contributed by atoms with E-state index in [0.29, 0.717) is 5.75 Å². The monoisotopic (exact) mass is 281 g/mol. The number of phenolic OH excluding ortho intramolecular Hbond substituents is 1. The lowest BCUT2D eigenvalue weighted by atomic mass is 9.92. The van der Waals surface area contributed by atoms with E-state index in [9.17, 15) is 5.11 Å². The average Bonchev–Trinajstić information content (AvgIpc) is 2.40. The van der Waals surface area contributed by atoms with Crippen LogP contribution in [0, 0.1) is 6.92 Å². The second-order valence-electron chi connectivity index (χ2n) is 5.81. The summed E-state index contributed by atoms with van der Waals surface area (Å²) >= 11 is 0. The molecule has 0 fully saturated rings. The molecule has 0 unspecified atom stereocenters. The van der Waals surface area contributed by atoms with Gasteiger partial charge in [-0.3, -0.25) is 0 Å². The van der Waals surface area contributed by atoms with Crippen LogP contribution in [0.15, 0.2) is 54.1 Å². The Labute approximate surface area is 127 Å². The Kier molecular flexibility index (Phi) is 4.81. The molecule has 0 spiro atoms. The van der Waals surface area contributed by atoms with Crippen molar-refractivity contribution in [3.63, 3.8) is 0 Å². The average molecular weight is 281 g/mol. The van der Waals surface area contributed by atoms with Crippen LogP contribution < -0.4 is 0 Å². The van der Waals surface area contributed by atoms with Crippen LogP contribution in [-0.2, 0) is 0 Å². The van der Waals surface area contributed by atoms with Gasteiger partial charge in [-0.05, 0) is 56.8 Å². The van der Waals surface area contributed by atoms with Gasteiger partial charge in [-0.1, -0.05) is 47.5 Å². The molecule has 21 heavy (non-hydrogen) atoms. The van der Waals surface area contributed by atoms with Gasteiger partial charge in [-0.25, -0.2) is 0 Å². The molecule has 2 aromatic rings. The molecule has 0 aliphatic rings. The largest absolute Gasteiger partial charge is 0.508 e. The predicted molar refractivity (Wildman–Crippen MR) is 89.5 cm³/mol. The maximum absolute atomic E-state index is 9.78. The van der Waals surface area contributed by atoms with Gasteiger partial charge in [-0.2, -0.15) is 0 Å². The number of phenols is 1. The predicted octanol–water partition coefficient (Wildman–Crippen LogP) is 4.08. The van der Waals surface area contributed by atoms with Crippen LogP contribution in [0.5, 0.6) is 5.75 Å². The summed E-state index contributed by atoms with van der Waals surface area (Å²) in [6.45, 7) is 5.13. The summed E-state index contributed by atoms with van der Waals surface area (Å²) < 4.78 is 0. The Morgan fingerprint density at radius 3 is 2.24 bits per heavy atom. The summed E-state index contributed by atoms with van der Waals surface area (Å²) in [4.78, 5) is 2.16. The number of rotatable bonds is 4. The number of hydrogen-bond acceptors (Lipinski definition) is 2. The van der Waals surface area contributed by atoms with E-state index in [1.54, 1.807) is 6.07 Å². The van der Waals surface area contributed by atoms with Gasteiger partial charge in [0.15, 0.2) is 0 Å². The third-order valence-corrected chi connectivity index (χ3v) is 3.46. The third-order valence-electron chi connectivity index (χ3n) is 3.46. The van der Waals surface area contributed by atoms with Gasteiger partial charge in [0, 0.05) is 6.54 Å². The summed E-state index contributed by atoms with van der Waals surface area (Å²) in [5.74, 6) is 0.301. The molecule has 0 saturated carbocycles. The lowest BCUT2D eigenvalue weighted by molar-refractivity contribution is 0.446. The topological polar surface area (TPSA) is 23.5 Å². The zero-order valence-corrected chi connectivity index (χ0v) is 13.2. The van der Waals surface area contributed by atoms with E-state index in [1.165, 1.54) is 22.3 Å². The first-order valence-corrected chi connectivity index (χ1v) is 7.18. The summed E-state index contributed by atoms with van der Waals surface area (Å²) in [5.41, 5.74) is 5.97. The Morgan fingerprint density at radius 2 is 1.67 bits per heavy atom. The maximum atomic E-state index is 9.78. The molecule has 0 amide bonds. The first-order chi connectivity index (χ1) is 9.97. The normalized spacial score (nSPS) is 12.4. The van der Waals surface area contributed by atoms with Crippen LogP contribution in [0.3, 0.4) is 0 Å². The highest BCUT2D eigenvalue weighted by Crippen LogP contribution is 2.29. The molecule has 2 aromatic carbocycles. The van der Waals surface area contributed by atoms with Crippen LogP contribution in [0.1, 0.15) is 23.6 Å². The maximum Gasteiger partial charge on any atom is 0.116 e. The van der Waals surface area contributed by atoms with E-state index in [1.807, 2.05) is 18.2 Å². The molecule has 2 heteroatoms. The Morgan fingerprint density at radius 1 is 1.00 bits per heavy atom. The molecule has 0 radical (unpaired) electrons. The standard InChI is InChI=1S/C19H23NO/c1-14-8-10-16(11-9-14)19(15(2)13-20(3)4)17-6-5-7-18(21)12-17/h5-12,21H,13H2,1-4H3. The van der Waals surface area contributed by atoms with E-state index >= 15 is 0 Å². The molecule has 0 aliphatic heterocycles. The Balaban J connectivity index is 2.56. The van der Waals surface area contributed by atoms with Crippen LogP contribution in [0.4, 0.5) is 0 Å². The molecule has 0 atom stereocenters. The van der Waals surface area contributed by atoms with Gasteiger partial charge in [0.05, 0.1) is 0 Å². The first kappa shape index (κ1) is 15.3. The highest BCUT2D eigenvalue weighted by Gasteiger charge is 2.10. The summed E-state index contributed by atoms with van der Waals surface area (Å²) in [7, 11) is 4.14. The van der Waals surface area contributed by atoms with Gasteiger partial charge < -0.3 is 10.0 Å². The molecule has 0 heterocycles. The van der Waals surface area contributed by atoms with Crippen molar-refractivity contribution >= 4 is 5.57 Å². The first-order valence-electron chi connectivity index (χ1n) is 7.18. The molecule has 2 rings (SSSR count). The number of nitrogens with zero attached hydrogens (tertiary/aromatic N) is 1. The minimum atomic E-state index is 0.301. The Hall–Kier alpha value is -2.06. The number of benzene rings is 2. The molecule has 0 bridgehead atoms. The van der Waals surface area contributed by atoms with Crippen molar-refractivity contribution in [1.82, 2.24) is 4.90 Å². The lowest BCUT2D eigenvalue weighted by Gasteiger charge is -2.17. The molecule has 1 N–H and O–H groups in total. The van der Waals surface area contributed by atoms with Crippen molar-refractivity contribution in [2.75, 3.05) is 20.6 Å². The number of aromatic hydroxyl groups is 1. The van der Waals surface area contributed by atoms with Crippen molar-refractivity contribution in [1.29, 1.82) is 0 Å². The second kappa shape index (κ2) is 6.59. The fraction of sp³-hybridized carbons (Fsp3) is 0.263. The van der Waals surface area contributed by atoms with Crippen LogP contribution >= 0.6 is 0 Å². The minimum absolute atomic E-state index is 0.301. The second-order valence-corrected chi connectivity index (χ2v) is 5.81. The molecule has 2 nitrogen and oxygen atoms in total. The van der Waals surface area contributed by atoms with Gasteiger partial charge in [0.1, 0.15) is 5.75 Å². The quantitative estimate of drug-likeness (QED) is 0.912. The van der Waals surface area contributed by atoms with Crippen molar-refractivity contribution in [3.05, 3.63) is 70.8 Å². The summed E-state index contributed by atoms with van der Waals surface area (Å²) in [6, 6.07) is 16.0. The van der Waals surface area contributed by atoms with Crippen molar-refractivity contribution in [2.45, 2.75) is 13.8 Å². The highest BCUT2D eigenvalue weighted by atomic mass is 16.3. The molecular weight excluding hydrogens is 258 g/mol. The number of aryl methyl sites for hydroxylation is 1. The lowest BCUT2D eigenvalue weighted by Crippen LogP contribution is -2.15. The van der Waals surface area contributed by atoms with Crippen LogP contribution in [0.25, 0.3) is 5.57 Å². The fourth-order valence-corrected chi connectivity index (χ4v) is 2.59. The number of likely N-dealkylation sites (N-methyl/N-ethyl adjacent to an activating group) is 1. The van der Waals surface area contributed by atoms with Crippen LogP contribution in [0.2, 0.25) is 0 Å². The number of hydrogen-bond donors (Lipinski definition) is 1. The van der Waals surface area contributed by atoms with Gasteiger partial charge >= 0.3 is 0 Å². The SMILES string of the molecule is CC(CN(C)C)=C(c1ccc(C)cc1)c1cccc(O)c1.